The second kappa shape index (κ2) is 6.84. The van der Waals surface area contributed by atoms with E-state index in [4.69, 9.17) is 5.73 Å². The second-order valence-electron chi connectivity index (χ2n) is 4.48. The quantitative estimate of drug-likeness (QED) is 0.626. The van der Waals surface area contributed by atoms with E-state index in [1.165, 1.54) is 11.0 Å². The summed E-state index contributed by atoms with van der Waals surface area (Å²) >= 11 is 0. The zero-order valence-corrected chi connectivity index (χ0v) is 11.2. The molecule has 6 nitrogen and oxygen atoms in total. The third kappa shape index (κ3) is 4.03. The first-order valence-electron chi connectivity index (χ1n) is 6.20. The predicted molar refractivity (Wildman–Crippen MR) is 72.5 cm³/mol. The lowest BCUT2D eigenvalue weighted by Crippen LogP contribution is -2.41. The summed E-state index contributed by atoms with van der Waals surface area (Å²) in [5.74, 6) is -0.194. The van der Waals surface area contributed by atoms with Crippen molar-refractivity contribution < 1.29 is 9.72 Å². The van der Waals surface area contributed by atoms with Crippen LogP contribution in [0.3, 0.4) is 0 Å². The Morgan fingerprint density at radius 2 is 2.11 bits per heavy atom. The van der Waals surface area contributed by atoms with Crippen molar-refractivity contribution in [2.75, 3.05) is 7.05 Å². The summed E-state index contributed by atoms with van der Waals surface area (Å²) in [5.41, 5.74) is 6.28. The number of amides is 1. The number of rotatable bonds is 6. The minimum absolute atomic E-state index is 0.0196. The molecule has 0 saturated carbocycles. The van der Waals surface area contributed by atoms with Gasteiger partial charge in [-0.3, -0.25) is 14.9 Å². The smallest absolute Gasteiger partial charge is 0.274 e. The molecule has 19 heavy (non-hydrogen) atoms. The van der Waals surface area contributed by atoms with E-state index >= 15 is 0 Å². The number of likely N-dealkylation sites (N-methyl/N-ethyl adjacent to an activating group) is 1. The SMILES string of the molecule is CCC[C@H](N)C(=O)N(C)Cc1ccccc1[N+](=O)[O-]. The van der Waals surface area contributed by atoms with Gasteiger partial charge < -0.3 is 10.6 Å². The molecule has 0 aliphatic carbocycles. The van der Waals surface area contributed by atoms with Gasteiger partial charge in [0.15, 0.2) is 0 Å². The highest BCUT2D eigenvalue weighted by Crippen LogP contribution is 2.19. The van der Waals surface area contributed by atoms with E-state index in [1.54, 1.807) is 25.2 Å². The third-order valence-electron chi connectivity index (χ3n) is 2.89. The van der Waals surface area contributed by atoms with Crippen LogP contribution in [0.2, 0.25) is 0 Å². The molecule has 0 radical (unpaired) electrons. The number of carbonyl (C=O) groups is 1. The van der Waals surface area contributed by atoms with Gasteiger partial charge in [0.1, 0.15) is 0 Å². The minimum atomic E-state index is -0.544. The van der Waals surface area contributed by atoms with Crippen LogP contribution in [0.15, 0.2) is 24.3 Å². The molecule has 1 aromatic rings. The number of benzene rings is 1. The normalized spacial score (nSPS) is 11.9. The van der Waals surface area contributed by atoms with E-state index in [0.29, 0.717) is 12.0 Å². The maximum absolute atomic E-state index is 11.9. The summed E-state index contributed by atoms with van der Waals surface area (Å²) in [6.07, 6.45) is 1.44. The first kappa shape index (κ1) is 15.1. The summed E-state index contributed by atoms with van der Waals surface area (Å²) in [5, 5.41) is 10.9. The molecule has 0 aliphatic heterocycles. The molecular formula is C13H19N3O3. The van der Waals surface area contributed by atoms with Gasteiger partial charge in [-0.15, -0.1) is 0 Å². The number of nitrogens with zero attached hydrogens (tertiary/aromatic N) is 2. The number of para-hydroxylation sites is 1. The Morgan fingerprint density at radius 1 is 1.47 bits per heavy atom. The topological polar surface area (TPSA) is 89.5 Å². The van der Waals surface area contributed by atoms with Crippen molar-refractivity contribution in [2.45, 2.75) is 32.4 Å². The molecular weight excluding hydrogens is 246 g/mol. The van der Waals surface area contributed by atoms with Crippen molar-refractivity contribution in [3.8, 4) is 0 Å². The van der Waals surface area contributed by atoms with Crippen molar-refractivity contribution >= 4 is 11.6 Å². The Hall–Kier alpha value is -1.95. The summed E-state index contributed by atoms with van der Waals surface area (Å²) in [6.45, 7) is 2.14. The standard InChI is InChI=1S/C13H19N3O3/c1-3-6-11(14)13(17)15(2)9-10-7-4-5-8-12(10)16(18)19/h4-5,7-8,11H,3,6,9,14H2,1-2H3/t11-/m0/s1. The molecule has 0 fully saturated rings. The lowest BCUT2D eigenvalue weighted by molar-refractivity contribution is -0.385. The van der Waals surface area contributed by atoms with Crippen molar-refractivity contribution in [1.82, 2.24) is 4.90 Å². The van der Waals surface area contributed by atoms with Gasteiger partial charge in [0, 0.05) is 18.7 Å². The van der Waals surface area contributed by atoms with Crippen molar-refractivity contribution in [2.24, 2.45) is 5.73 Å². The van der Waals surface area contributed by atoms with Crippen LogP contribution in [0.5, 0.6) is 0 Å². The van der Waals surface area contributed by atoms with Gasteiger partial charge in [0.25, 0.3) is 5.69 Å². The highest BCUT2D eigenvalue weighted by Gasteiger charge is 2.20. The molecule has 1 amide bonds. The largest absolute Gasteiger partial charge is 0.340 e. The molecule has 1 atom stereocenters. The zero-order valence-electron chi connectivity index (χ0n) is 11.2. The van der Waals surface area contributed by atoms with E-state index in [-0.39, 0.29) is 18.1 Å². The fourth-order valence-electron chi connectivity index (χ4n) is 1.87. The molecule has 0 aromatic heterocycles. The minimum Gasteiger partial charge on any atom is -0.340 e. The maximum atomic E-state index is 11.9. The number of nitro groups is 1. The lowest BCUT2D eigenvalue weighted by Gasteiger charge is -2.21. The number of nitro benzene ring substituents is 1. The van der Waals surface area contributed by atoms with Gasteiger partial charge in [-0.05, 0) is 6.42 Å². The van der Waals surface area contributed by atoms with Crippen molar-refractivity contribution in [1.29, 1.82) is 0 Å². The van der Waals surface area contributed by atoms with Gasteiger partial charge in [-0.2, -0.15) is 0 Å². The van der Waals surface area contributed by atoms with Gasteiger partial charge in [-0.1, -0.05) is 31.5 Å². The predicted octanol–water partition coefficient (Wildman–Crippen LogP) is 1.68. The van der Waals surface area contributed by atoms with Crippen LogP contribution in [-0.4, -0.2) is 28.8 Å². The van der Waals surface area contributed by atoms with Crippen LogP contribution in [-0.2, 0) is 11.3 Å². The van der Waals surface area contributed by atoms with E-state index in [1.807, 2.05) is 6.92 Å². The van der Waals surface area contributed by atoms with E-state index in [9.17, 15) is 14.9 Å². The number of carbonyl (C=O) groups excluding carboxylic acids is 1. The van der Waals surface area contributed by atoms with Gasteiger partial charge in [0.05, 0.1) is 17.5 Å². The molecule has 1 rings (SSSR count). The lowest BCUT2D eigenvalue weighted by atomic mass is 10.1. The average molecular weight is 265 g/mol. The van der Waals surface area contributed by atoms with Crippen molar-refractivity contribution in [3.63, 3.8) is 0 Å². The Balaban J connectivity index is 2.79. The van der Waals surface area contributed by atoms with Crippen LogP contribution in [0.25, 0.3) is 0 Å². The van der Waals surface area contributed by atoms with Crippen LogP contribution < -0.4 is 5.73 Å². The molecule has 2 N–H and O–H groups in total. The maximum Gasteiger partial charge on any atom is 0.274 e. The summed E-state index contributed by atoms with van der Waals surface area (Å²) < 4.78 is 0. The number of hydrogen-bond acceptors (Lipinski definition) is 4. The molecule has 0 unspecified atom stereocenters. The fraction of sp³-hybridized carbons (Fsp3) is 0.462. The van der Waals surface area contributed by atoms with E-state index in [2.05, 4.69) is 0 Å². The first-order valence-corrected chi connectivity index (χ1v) is 6.20. The molecule has 1 aromatic carbocycles. The van der Waals surface area contributed by atoms with E-state index in [0.717, 1.165) is 6.42 Å². The Labute approximate surface area is 112 Å². The Morgan fingerprint density at radius 3 is 2.68 bits per heavy atom. The van der Waals surface area contributed by atoms with Gasteiger partial charge in [0.2, 0.25) is 5.91 Å². The number of nitrogens with two attached hydrogens (primary N) is 1. The molecule has 0 aliphatic rings. The van der Waals surface area contributed by atoms with Crippen LogP contribution in [0.4, 0.5) is 5.69 Å². The van der Waals surface area contributed by atoms with Gasteiger partial charge >= 0.3 is 0 Å². The molecule has 0 bridgehead atoms. The first-order chi connectivity index (χ1) is 8.97. The average Bonchev–Trinajstić information content (AvgIpc) is 2.38. The summed E-state index contributed by atoms with van der Waals surface area (Å²) in [6, 6.07) is 5.85. The van der Waals surface area contributed by atoms with Crippen LogP contribution in [0, 0.1) is 10.1 Å². The fourth-order valence-corrected chi connectivity index (χ4v) is 1.87. The second-order valence-corrected chi connectivity index (χ2v) is 4.48. The molecule has 6 heteroatoms. The summed E-state index contributed by atoms with van der Waals surface area (Å²) in [4.78, 5) is 23.8. The third-order valence-corrected chi connectivity index (χ3v) is 2.89. The molecule has 0 heterocycles. The Kier molecular flexibility index (Phi) is 5.44. The summed E-state index contributed by atoms with van der Waals surface area (Å²) in [7, 11) is 1.61. The molecule has 104 valence electrons. The van der Waals surface area contributed by atoms with Gasteiger partial charge in [-0.25, -0.2) is 0 Å². The highest BCUT2D eigenvalue weighted by molar-refractivity contribution is 5.81. The molecule has 0 saturated heterocycles. The van der Waals surface area contributed by atoms with Crippen LogP contribution >= 0.6 is 0 Å². The molecule has 0 spiro atoms. The van der Waals surface area contributed by atoms with Crippen molar-refractivity contribution in [3.05, 3.63) is 39.9 Å². The van der Waals surface area contributed by atoms with E-state index < -0.39 is 11.0 Å². The number of hydrogen-bond donors (Lipinski definition) is 1. The highest BCUT2D eigenvalue weighted by atomic mass is 16.6. The zero-order chi connectivity index (χ0) is 14.4. The van der Waals surface area contributed by atoms with Crippen LogP contribution in [0.1, 0.15) is 25.3 Å². The Bertz CT molecular complexity index is 462. The monoisotopic (exact) mass is 265 g/mol.